The van der Waals surface area contributed by atoms with Gasteiger partial charge in [0.1, 0.15) is 0 Å². The van der Waals surface area contributed by atoms with E-state index in [9.17, 15) is 4.79 Å². The fourth-order valence-electron chi connectivity index (χ4n) is 2.14. The number of amides is 1. The van der Waals surface area contributed by atoms with Crippen molar-refractivity contribution in [3.8, 4) is 0 Å². The highest BCUT2D eigenvalue weighted by Crippen LogP contribution is 2.10. The molecule has 0 bridgehead atoms. The highest BCUT2D eigenvalue weighted by atomic mass is 16.2. The van der Waals surface area contributed by atoms with Crippen LogP contribution in [0.3, 0.4) is 0 Å². The SMILES string of the molecule is NC1CC(=O)N(CCCc2ccccc2)C1. The minimum atomic E-state index is 0.0456. The van der Waals surface area contributed by atoms with Gasteiger partial charge in [0, 0.05) is 25.6 Å². The summed E-state index contributed by atoms with van der Waals surface area (Å²) < 4.78 is 0. The summed E-state index contributed by atoms with van der Waals surface area (Å²) in [4.78, 5) is 13.4. The zero-order valence-corrected chi connectivity index (χ0v) is 9.43. The molecule has 16 heavy (non-hydrogen) atoms. The molecule has 3 heteroatoms. The van der Waals surface area contributed by atoms with Gasteiger partial charge in [0.05, 0.1) is 0 Å². The second-order valence-corrected chi connectivity index (χ2v) is 4.39. The summed E-state index contributed by atoms with van der Waals surface area (Å²) in [7, 11) is 0. The molecule has 1 aliphatic heterocycles. The molecule has 1 atom stereocenters. The Morgan fingerprint density at radius 3 is 2.69 bits per heavy atom. The fraction of sp³-hybridized carbons (Fsp3) is 0.462. The summed E-state index contributed by atoms with van der Waals surface area (Å²) in [6, 6.07) is 10.4. The maximum absolute atomic E-state index is 11.5. The number of carbonyl (C=O) groups is 1. The van der Waals surface area contributed by atoms with Gasteiger partial charge in [-0.15, -0.1) is 0 Å². The van der Waals surface area contributed by atoms with Crippen molar-refractivity contribution in [3.05, 3.63) is 35.9 Å². The lowest BCUT2D eigenvalue weighted by Gasteiger charge is -2.15. The molecule has 0 radical (unpaired) electrons. The second kappa shape index (κ2) is 5.12. The summed E-state index contributed by atoms with van der Waals surface area (Å²) in [5, 5.41) is 0. The van der Waals surface area contributed by atoms with Crippen LogP contribution < -0.4 is 5.73 Å². The fourth-order valence-corrected chi connectivity index (χ4v) is 2.14. The lowest BCUT2D eigenvalue weighted by atomic mass is 10.1. The van der Waals surface area contributed by atoms with Crippen molar-refractivity contribution in [3.63, 3.8) is 0 Å². The monoisotopic (exact) mass is 218 g/mol. The van der Waals surface area contributed by atoms with Crippen molar-refractivity contribution in [1.82, 2.24) is 4.90 Å². The molecule has 0 aliphatic carbocycles. The maximum atomic E-state index is 11.5. The first-order valence-electron chi connectivity index (χ1n) is 5.83. The number of likely N-dealkylation sites (tertiary alicyclic amines) is 1. The molecule has 2 rings (SSSR count). The first-order chi connectivity index (χ1) is 7.75. The minimum absolute atomic E-state index is 0.0456. The number of hydrogen-bond acceptors (Lipinski definition) is 2. The third-order valence-electron chi connectivity index (χ3n) is 2.98. The van der Waals surface area contributed by atoms with Crippen LogP contribution in [0.15, 0.2) is 30.3 Å². The standard InChI is InChI=1S/C13H18N2O/c14-12-9-13(16)15(10-12)8-4-7-11-5-2-1-3-6-11/h1-3,5-6,12H,4,7-10,14H2. The van der Waals surface area contributed by atoms with Crippen LogP contribution in [0, 0.1) is 0 Å². The zero-order chi connectivity index (χ0) is 11.4. The Morgan fingerprint density at radius 1 is 1.31 bits per heavy atom. The van der Waals surface area contributed by atoms with Gasteiger partial charge in [-0.2, -0.15) is 0 Å². The quantitative estimate of drug-likeness (QED) is 0.825. The van der Waals surface area contributed by atoms with Gasteiger partial charge in [0.15, 0.2) is 0 Å². The van der Waals surface area contributed by atoms with E-state index in [1.807, 2.05) is 23.1 Å². The molecule has 1 aliphatic rings. The van der Waals surface area contributed by atoms with E-state index in [-0.39, 0.29) is 11.9 Å². The summed E-state index contributed by atoms with van der Waals surface area (Å²) in [6.07, 6.45) is 2.56. The predicted octanol–water partition coefficient (Wildman–Crippen LogP) is 1.18. The Kier molecular flexibility index (Phi) is 3.57. The number of rotatable bonds is 4. The first kappa shape index (κ1) is 11.1. The van der Waals surface area contributed by atoms with Crippen molar-refractivity contribution >= 4 is 5.91 Å². The van der Waals surface area contributed by atoms with E-state index in [1.54, 1.807) is 0 Å². The highest BCUT2D eigenvalue weighted by Gasteiger charge is 2.25. The van der Waals surface area contributed by atoms with E-state index < -0.39 is 0 Å². The number of hydrogen-bond donors (Lipinski definition) is 1. The molecule has 0 saturated carbocycles. The first-order valence-corrected chi connectivity index (χ1v) is 5.83. The predicted molar refractivity (Wildman–Crippen MR) is 63.9 cm³/mol. The third kappa shape index (κ3) is 2.83. The van der Waals surface area contributed by atoms with Crippen LogP contribution in [0.4, 0.5) is 0 Å². The maximum Gasteiger partial charge on any atom is 0.224 e. The molecular formula is C13H18N2O. The molecule has 1 heterocycles. The van der Waals surface area contributed by atoms with Crippen LogP contribution in [0.2, 0.25) is 0 Å². The van der Waals surface area contributed by atoms with Gasteiger partial charge in [0.2, 0.25) is 5.91 Å². The van der Waals surface area contributed by atoms with E-state index in [2.05, 4.69) is 12.1 Å². The van der Waals surface area contributed by atoms with Gasteiger partial charge < -0.3 is 10.6 Å². The number of nitrogens with zero attached hydrogens (tertiary/aromatic N) is 1. The Balaban J connectivity index is 1.74. The van der Waals surface area contributed by atoms with Gasteiger partial charge in [-0.25, -0.2) is 0 Å². The van der Waals surface area contributed by atoms with Crippen LogP contribution in [0.1, 0.15) is 18.4 Å². The number of benzene rings is 1. The van der Waals surface area contributed by atoms with E-state index in [4.69, 9.17) is 5.73 Å². The molecule has 1 fully saturated rings. The Hall–Kier alpha value is -1.35. The van der Waals surface area contributed by atoms with Crippen molar-refractivity contribution in [2.45, 2.75) is 25.3 Å². The average Bonchev–Trinajstić information content (AvgIpc) is 2.59. The van der Waals surface area contributed by atoms with Crippen LogP contribution in [-0.4, -0.2) is 29.9 Å². The van der Waals surface area contributed by atoms with Crippen molar-refractivity contribution < 1.29 is 4.79 Å². The minimum Gasteiger partial charge on any atom is -0.341 e. The molecule has 0 spiro atoms. The Bertz CT molecular complexity index is 350. The van der Waals surface area contributed by atoms with Gasteiger partial charge >= 0.3 is 0 Å². The lowest BCUT2D eigenvalue weighted by Crippen LogP contribution is -2.29. The Labute approximate surface area is 96.2 Å². The molecule has 1 unspecified atom stereocenters. The van der Waals surface area contributed by atoms with Gasteiger partial charge in [0.25, 0.3) is 0 Å². The molecule has 1 aromatic rings. The van der Waals surface area contributed by atoms with Gasteiger partial charge in [-0.1, -0.05) is 30.3 Å². The molecule has 0 aromatic heterocycles. The van der Waals surface area contributed by atoms with Gasteiger partial charge in [-0.3, -0.25) is 4.79 Å². The average molecular weight is 218 g/mol. The van der Waals surface area contributed by atoms with Crippen molar-refractivity contribution in [2.24, 2.45) is 5.73 Å². The van der Waals surface area contributed by atoms with E-state index in [0.29, 0.717) is 6.42 Å². The summed E-state index contributed by atoms with van der Waals surface area (Å²) in [5.74, 6) is 0.209. The molecule has 86 valence electrons. The van der Waals surface area contributed by atoms with Gasteiger partial charge in [-0.05, 0) is 18.4 Å². The number of carbonyl (C=O) groups excluding carboxylic acids is 1. The zero-order valence-electron chi connectivity index (χ0n) is 9.43. The van der Waals surface area contributed by atoms with Crippen LogP contribution in [-0.2, 0) is 11.2 Å². The summed E-state index contributed by atoms with van der Waals surface area (Å²) >= 11 is 0. The second-order valence-electron chi connectivity index (χ2n) is 4.39. The lowest BCUT2D eigenvalue weighted by molar-refractivity contribution is -0.127. The van der Waals surface area contributed by atoms with E-state index in [1.165, 1.54) is 5.56 Å². The number of aryl methyl sites for hydroxylation is 1. The molecule has 1 saturated heterocycles. The number of nitrogens with two attached hydrogens (primary N) is 1. The normalized spacial score (nSPS) is 20.4. The van der Waals surface area contributed by atoms with Crippen molar-refractivity contribution in [1.29, 1.82) is 0 Å². The Morgan fingerprint density at radius 2 is 2.06 bits per heavy atom. The molecular weight excluding hydrogens is 200 g/mol. The van der Waals surface area contributed by atoms with Crippen LogP contribution in [0.25, 0.3) is 0 Å². The molecule has 1 amide bonds. The largest absolute Gasteiger partial charge is 0.341 e. The summed E-state index contributed by atoms with van der Waals surface area (Å²) in [6.45, 7) is 1.56. The summed E-state index contributed by atoms with van der Waals surface area (Å²) in [5.41, 5.74) is 7.07. The smallest absolute Gasteiger partial charge is 0.224 e. The van der Waals surface area contributed by atoms with Crippen molar-refractivity contribution in [2.75, 3.05) is 13.1 Å². The van der Waals surface area contributed by atoms with Crippen LogP contribution >= 0.6 is 0 Å². The molecule has 3 nitrogen and oxygen atoms in total. The third-order valence-corrected chi connectivity index (χ3v) is 2.98. The van der Waals surface area contributed by atoms with Crippen LogP contribution in [0.5, 0.6) is 0 Å². The van der Waals surface area contributed by atoms with E-state index in [0.717, 1.165) is 25.9 Å². The van der Waals surface area contributed by atoms with E-state index >= 15 is 0 Å². The molecule has 1 aromatic carbocycles. The molecule has 2 N–H and O–H groups in total. The topological polar surface area (TPSA) is 46.3 Å². The highest BCUT2D eigenvalue weighted by molar-refractivity contribution is 5.79.